The van der Waals surface area contributed by atoms with Gasteiger partial charge in [0.2, 0.25) is 11.9 Å². The first kappa shape index (κ1) is 12.5. The minimum atomic E-state index is 0.178. The van der Waals surface area contributed by atoms with Crippen molar-refractivity contribution in [2.75, 3.05) is 24.8 Å². The summed E-state index contributed by atoms with van der Waals surface area (Å²) in [6, 6.07) is 0.606. The van der Waals surface area contributed by atoms with Crippen LogP contribution in [-0.4, -0.2) is 35.2 Å². The number of methoxy groups -OCH3 is 1. The Kier molecular flexibility index (Phi) is 4.28. The number of nitrogens with zero attached hydrogens (tertiary/aromatic N) is 4. The van der Waals surface area contributed by atoms with Gasteiger partial charge >= 0.3 is 6.01 Å². The van der Waals surface area contributed by atoms with E-state index >= 15 is 0 Å². The molecule has 1 rings (SSSR count). The molecule has 6 heteroatoms. The van der Waals surface area contributed by atoms with Crippen LogP contribution in [0.3, 0.4) is 0 Å². The minimum absolute atomic E-state index is 0.178. The number of anilines is 2. The van der Waals surface area contributed by atoms with Crippen LogP contribution in [0.4, 0.5) is 11.9 Å². The zero-order valence-corrected chi connectivity index (χ0v) is 10.3. The molecule has 1 aromatic rings. The molecule has 90 valence electrons. The quantitative estimate of drug-likeness (QED) is 0.808. The van der Waals surface area contributed by atoms with Crippen molar-refractivity contribution in [3.63, 3.8) is 0 Å². The van der Waals surface area contributed by atoms with Crippen molar-refractivity contribution in [1.82, 2.24) is 15.0 Å². The Morgan fingerprint density at radius 1 is 1.38 bits per heavy atom. The summed E-state index contributed by atoms with van der Waals surface area (Å²) in [6.45, 7) is 4.27. The second-order valence-electron chi connectivity index (χ2n) is 3.73. The van der Waals surface area contributed by atoms with E-state index in [0.717, 1.165) is 12.8 Å². The fourth-order valence-electron chi connectivity index (χ4n) is 1.42. The Balaban J connectivity index is 2.89. The molecule has 1 unspecified atom stereocenters. The van der Waals surface area contributed by atoms with Crippen LogP contribution in [0.2, 0.25) is 0 Å². The molecule has 0 saturated heterocycles. The summed E-state index contributed by atoms with van der Waals surface area (Å²) in [6.07, 6.45) is 2.19. The molecule has 0 radical (unpaired) electrons. The molecule has 1 atom stereocenters. The zero-order chi connectivity index (χ0) is 12.1. The largest absolute Gasteiger partial charge is 0.467 e. The van der Waals surface area contributed by atoms with Crippen LogP contribution in [-0.2, 0) is 0 Å². The van der Waals surface area contributed by atoms with Crippen LogP contribution in [0.1, 0.15) is 26.7 Å². The first-order valence-corrected chi connectivity index (χ1v) is 5.36. The van der Waals surface area contributed by atoms with Crippen LogP contribution in [0.15, 0.2) is 0 Å². The number of hydrogen-bond acceptors (Lipinski definition) is 6. The normalized spacial score (nSPS) is 12.2. The SMILES string of the molecule is CCCC(C)N(C)c1nc(N)nc(OC)n1. The van der Waals surface area contributed by atoms with Crippen molar-refractivity contribution in [2.45, 2.75) is 32.7 Å². The van der Waals surface area contributed by atoms with Gasteiger partial charge in [-0.1, -0.05) is 13.3 Å². The summed E-state index contributed by atoms with van der Waals surface area (Å²) in [5, 5.41) is 0. The molecule has 0 aliphatic heterocycles. The maximum atomic E-state index is 5.58. The Hall–Kier alpha value is -1.59. The van der Waals surface area contributed by atoms with Crippen molar-refractivity contribution in [2.24, 2.45) is 0 Å². The fraction of sp³-hybridized carbons (Fsp3) is 0.700. The van der Waals surface area contributed by atoms with Crippen LogP contribution >= 0.6 is 0 Å². The first-order chi connectivity index (χ1) is 7.58. The standard InChI is InChI=1S/C10H19N5O/c1-5-6-7(2)15(3)9-12-8(11)13-10(14-9)16-4/h7H,5-6H2,1-4H3,(H2,11,12,13,14). The maximum Gasteiger partial charge on any atom is 0.322 e. The number of rotatable bonds is 5. The number of hydrogen-bond donors (Lipinski definition) is 1. The fourth-order valence-corrected chi connectivity index (χ4v) is 1.42. The third-order valence-electron chi connectivity index (χ3n) is 2.49. The predicted molar refractivity (Wildman–Crippen MR) is 63.6 cm³/mol. The third-order valence-corrected chi connectivity index (χ3v) is 2.49. The highest BCUT2D eigenvalue weighted by molar-refractivity contribution is 5.35. The summed E-state index contributed by atoms with van der Waals surface area (Å²) in [5.41, 5.74) is 5.58. The summed E-state index contributed by atoms with van der Waals surface area (Å²) >= 11 is 0. The molecule has 0 aliphatic rings. The van der Waals surface area contributed by atoms with E-state index in [2.05, 4.69) is 28.8 Å². The lowest BCUT2D eigenvalue weighted by molar-refractivity contribution is 0.378. The van der Waals surface area contributed by atoms with Crippen LogP contribution in [0.25, 0.3) is 0 Å². The molecule has 0 aliphatic carbocycles. The summed E-state index contributed by atoms with van der Waals surface area (Å²) in [5.74, 6) is 0.725. The van der Waals surface area contributed by atoms with Gasteiger partial charge in [-0.05, 0) is 13.3 Å². The summed E-state index contributed by atoms with van der Waals surface area (Å²) < 4.78 is 4.96. The van der Waals surface area contributed by atoms with Gasteiger partial charge in [0.15, 0.2) is 0 Å². The van der Waals surface area contributed by atoms with Gasteiger partial charge < -0.3 is 15.4 Å². The average Bonchev–Trinajstić information content (AvgIpc) is 2.27. The molecule has 0 fully saturated rings. The van der Waals surface area contributed by atoms with Gasteiger partial charge in [0.1, 0.15) is 0 Å². The van der Waals surface area contributed by atoms with E-state index < -0.39 is 0 Å². The van der Waals surface area contributed by atoms with E-state index in [9.17, 15) is 0 Å². The summed E-state index contributed by atoms with van der Waals surface area (Å²) in [7, 11) is 3.45. The molecular formula is C10H19N5O. The van der Waals surface area contributed by atoms with Crippen LogP contribution in [0, 0.1) is 0 Å². The van der Waals surface area contributed by atoms with Gasteiger partial charge in [-0.3, -0.25) is 0 Å². The molecular weight excluding hydrogens is 206 g/mol. The highest BCUT2D eigenvalue weighted by atomic mass is 16.5. The lowest BCUT2D eigenvalue weighted by Gasteiger charge is -2.24. The van der Waals surface area contributed by atoms with E-state index in [0.29, 0.717) is 12.0 Å². The molecule has 1 aromatic heterocycles. The third kappa shape index (κ3) is 2.95. The van der Waals surface area contributed by atoms with E-state index in [4.69, 9.17) is 10.5 Å². The van der Waals surface area contributed by atoms with Gasteiger partial charge in [-0.2, -0.15) is 15.0 Å². The molecule has 0 aromatic carbocycles. The van der Waals surface area contributed by atoms with Crippen molar-refractivity contribution in [1.29, 1.82) is 0 Å². The second-order valence-corrected chi connectivity index (χ2v) is 3.73. The van der Waals surface area contributed by atoms with E-state index in [1.807, 2.05) is 11.9 Å². The number of aromatic nitrogens is 3. The molecule has 6 nitrogen and oxygen atoms in total. The second kappa shape index (κ2) is 5.48. The van der Waals surface area contributed by atoms with Crippen molar-refractivity contribution >= 4 is 11.9 Å². The lowest BCUT2D eigenvalue weighted by atomic mass is 10.2. The molecule has 1 heterocycles. The topological polar surface area (TPSA) is 77.2 Å². The van der Waals surface area contributed by atoms with Crippen LogP contribution in [0.5, 0.6) is 6.01 Å². The molecule has 0 spiro atoms. The monoisotopic (exact) mass is 225 g/mol. The van der Waals surface area contributed by atoms with Gasteiger partial charge in [0.05, 0.1) is 7.11 Å². The van der Waals surface area contributed by atoms with Crippen LogP contribution < -0.4 is 15.4 Å². The van der Waals surface area contributed by atoms with Gasteiger partial charge in [-0.25, -0.2) is 0 Å². The number of nitrogens with two attached hydrogens (primary N) is 1. The number of nitrogen functional groups attached to an aromatic ring is 1. The molecule has 0 amide bonds. The highest BCUT2D eigenvalue weighted by Gasteiger charge is 2.14. The highest BCUT2D eigenvalue weighted by Crippen LogP contribution is 2.15. The maximum absolute atomic E-state index is 5.58. The number of ether oxygens (including phenoxy) is 1. The van der Waals surface area contributed by atoms with Crippen molar-refractivity contribution in [3.8, 4) is 6.01 Å². The Morgan fingerprint density at radius 3 is 2.62 bits per heavy atom. The molecule has 2 N–H and O–H groups in total. The predicted octanol–water partition coefficient (Wildman–Crippen LogP) is 1.09. The lowest BCUT2D eigenvalue weighted by Crippen LogP contribution is -2.30. The van der Waals surface area contributed by atoms with Gasteiger partial charge in [0, 0.05) is 13.1 Å². The van der Waals surface area contributed by atoms with E-state index in [1.54, 1.807) is 0 Å². The van der Waals surface area contributed by atoms with Crippen molar-refractivity contribution < 1.29 is 4.74 Å². The Labute approximate surface area is 95.9 Å². The van der Waals surface area contributed by atoms with E-state index in [-0.39, 0.29) is 12.0 Å². The Morgan fingerprint density at radius 2 is 2.06 bits per heavy atom. The average molecular weight is 225 g/mol. The smallest absolute Gasteiger partial charge is 0.322 e. The van der Waals surface area contributed by atoms with Gasteiger partial charge in [-0.15, -0.1) is 0 Å². The first-order valence-electron chi connectivity index (χ1n) is 5.36. The van der Waals surface area contributed by atoms with E-state index in [1.165, 1.54) is 7.11 Å². The zero-order valence-electron chi connectivity index (χ0n) is 10.3. The minimum Gasteiger partial charge on any atom is -0.467 e. The molecule has 0 bridgehead atoms. The summed E-state index contributed by atoms with van der Waals surface area (Å²) in [4.78, 5) is 14.1. The van der Waals surface area contributed by atoms with Gasteiger partial charge in [0.25, 0.3) is 0 Å². The Bertz CT molecular complexity index is 344. The molecule has 0 saturated carbocycles. The van der Waals surface area contributed by atoms with Crippen molar-refractivity contribution in [3.05, 3.63) is 0 Å². The molecule has 16 heavy (non-hydrogen) atoms.